The van der Waals surface area contributed by atoms with Crippen LogP contribution in [0.4, 0.5) is 0 Å². The standard InChI is InChI=1S/C22H19NS/c23-18-24-17-16-22(19-10-4-1-5-11-19,20-12-6-2-7-13-20)21-14-8-3-9-15-21/h1-15H,16-17H2. The van der Waals surface area contributed by atoms with Crippen molar-refractivity contribution in [3.05, 3.63) is 108 Å². The van der Waals surface area contributed by atoms with Gasteiger partial charge in [-0.1, -0.05) is 91.0 Å². The summed E-state index contributed by atoms with van der Waals surface area (Å²) in [5.74, 6) is 0.787. The van der Waals surface area contributed by atoms with E-state index in [1.807, 2.05) is 18.2 Å². The molecule has 0 spiro atoms. The maximum atomic E-state index is 8.99. The number of hydrogen-bond donors (Lipinski definition) is 0. The Balaban J connectivity index is 2.22. The zero-order valence-electron chi connectivity index (χ0n) is 13.4. The minimum absolute atomic E-state index is 0.242. The van der Waals surface area contributed by atoms with Crippen molar-refractivity contribution >= 4 is 11.8 Å². The monoisotopic (exact) mass is 329 g/mol. The first-order valence-corrected chi connectivity index (χ1v) is 9.04. The highest BCUT2D eigenvalue weighted by Gasteiger charge is 2.35. The summed E-state index contributed by atoms with van der Waals surface area (Å²) in [6.45, 7) is 0. The highest BCUT2D eigenvalue weighted by molar-refractivity contribution is 8.03. The molecule has 3 aromatic rings. The quantitative estimate of drug-likeness (QED) is 0.333. The molecule has 3 aromatic carbocycles. The summed E-state index contributed by atoms with van der Waals surface area (Å²) < 4.78 is 0. The third-order valence-electron chi connectivity index (χ3n) is 4.44. The molecule has 0 radical (unpaired) electrons. The highest BCUT2D eigenvalue weighted by atomic mass is 32.2. The molecule has 0 amide bonds. The second-order valence-electron chi connectivity index (χ2n) is 5.69. The van der Waals surface area contributed by atoms with Crippen molar-refractivity contribution in [3.8, 4) is 5.40 Å². The predicted molar refractivity (Wildman–Crippen MR) is 102 cm³/mol. The molecule has 0 heterocycles. The minimum Gasteiger partial charge on any atom is -0.185 e. The number of thiocyanates is 1. The number of benzene rings is 3. The topological polar surface area (TPSA) is 23.8 Å². The molecule has 0 N–H and O–H groups in total. The van der Waals surface area contributed by atoms with Crippen LogP contribution < -0.4 is 0 Å². The summed E-state index contributed by atoms with van der Waals surface area (Å²) in [6, 6.07) is 31.8. The van der Waals surface area contributed by atoms with Crippen LogP contribution >= 0.6 is 11.8 Å². The largest absolute Gasteiger partial charge is 0.185 e. The highest BCUT2D eigenvalue weighted by Crippen LogP contribution is 2.42. The lowest BCUT2D eigenvalue weighted by atomic mass is 9.68. The van der Waals surface area contributed by atoms with E-state index in [1.54, 1.807) is 0 Å². The van der Waals surface area contributed by atoms with E-state index in [4.69, 9.17) is 5.26 Å². The SMILES string of the molecule is N#CSCCC(c1ccccc1)(c1ccccc1)c1ccccc1. The van der Waals surface area contributed by atoms with Gasteiger partial charge >= 0.3 is 0 Å². The second kappa shape index (κ2) is 7.86. The second-order valence-corrected chi connectivity index (χ2v) is 6.57. The van der Waals surface area contributed by atoms with Gasteiger partial charge in [0.1, 0.15) is 5.40 Å². The van der Waals surface area contributed by atoms with E-state index in [0.29, 0.717) is 0 Å². The molecule has 0 aromatic heterocycles. The summed E-state index contributed by atoms with van der Waals surface area (Å²) in [4.78, 5) is 0. The molecule has 0 bridgehead atoms. The Hall–Kier alpha value is -2.50. The molecule has 1 nitrogen and oxygen atoms in total. The van der Waals surface area contributed by atoms with E-state index in [-0.39, 0.29) is 5.41 Å². The van der Waals surface area contributed by atoms with E-state index in [0.717, 1.165) is 12.2 Å². The minimum atomic E-state index is -0.242. The Kier molecular flexibility index (Phi) is 5.36. The van der Waals surface area contributed by atoms with Gasteiger partial charge in [0.15, 0.2) is 0 Å². The molecular weight excluding hydrogens is 310 g/mol. The molecule has 0 atom stereocenters. The first-order chi connectivity index (χ1) is 11.9. The molecule has 0 unspecified atom stereocenters. The van der Waals surface area contributed by atoms with E-state index >= 15 is 0 Å². The molecule has 0 aliphatic heterocycles. The van der Waals surface area contributed by atoms with E-state index < -0.39 is 0 Å². The predicted octanol–water partition coefficient (Wildman–Crippen LogP) is 5.63. The van der Waals surface area contributed by atoms with Crippen molar-refractivity contribution in [3.63, 3.8) is 0 Å². The Morgan fingerprint density at radius 2 is 1.04 bits per heavy atom. The summed E-state index contributed by atoms with van der Waals surface area (Å²) >= 11 is 1.32. The molecule has 3 rings (SSSR count). The fraction of sp³-hybridized carbons (Fsp3) is 0.136. The van der Waals surface area contributed by atoms with Crippen LogP contribution in [0.25, 0.3) is 0 Å². The van der Waals surface area contributed by atoms with Crippen LogP contribution in [0.1, 0.15) is 23.1 Å². The Morgan fingerprint density at radius 3 is 1.38 bits per heavy atom. The fourth-order valence-electron chi connectivity index (χ4n) is 3.35. The third-order valence-corrected chi connectivity index (χ3v) is 4.98. The van der Waals surface area contributed by atoms with E-state index in [9.17, 15) is 0 Å². The van der Waals surface area contributed by atoms with Crippen LogP contribution in [0, 0.1) is 10.7 Å². The fourth-order valence-corrected chi connectivity index (χ4v) is 3.85. The van der Waals surface area contributed by atoms with Gasteiger partial charge in [-0.15, -0.1) is 0 Å². The summed E-state index contributed by atoms with van der Waals surface area (Å²) in [6.07, 6.45) is 0.878. The Morgan fingerprint density at radius 1 is 0.667 bits per heavy atom. The van der Waals surface area contributed by atoms with Crippen LogP contribution in [0.15, 0.2) is 91.0 Å². The van der Waals surface area contributed by atoms with Crippen LogP contribution in [0.5, 0.6) is 0 Å². The van der Waals surface area contributed by atoms with Crippen molar-refractivity contribution in [2.24, 2.45) is 0 Å². The summed E-state index contributed by atoms with van der Waals surface area (Å²) in [7, 11) is 0. The Labute approximate surface area is 148 Å². The van der Waals surface area contributed by atoms with Crippen LogP contribution in [0.3, 0.4) is 0 Å². The average Bonchev–Trinajstić information content (AvgIpc) is 2.68. The van der Waals surface area contributed by atoms with Gasteiger partial charge in [0, 0.05) is 11.2 Å². The van der Waals surface area contributed by atoms with Gasteiger partial charge in [-0.05, 0) is 34.9 Å². The van der Waals surface area contributed by atoms with Gasteiger partial charge in [-0.25, -0.2) is 0 Å². The molecule has 2 heteroatoms. The van der Waals surface area contributed by atoms with Crippen LogP contribution in [0.2, 0.25) is 0 Å². The number of thioether (sulfide) groups is 1. The lowest BCUT2D eigenvalue weighted by Crippen LogP contribution is -2.30. The lowest BCUT2D eigenvalue weighted by molar-refractivity contribution is 0.599. The number of rotatable bonds is 6. The first-order valence-electron chi connectivity index (χ1n) is 8.05. The normalized spacial score (nSPS) is 11.0. The average molecular weight is 329 g/mol. The molecular formula is C22H19NS. The summed E-state index contributed by atoms with van der Waals surface area (Å²) in [5, 5.41) is 11.2. The van der Waals surface area contributed by atoms with E-state index in [2.05, 4.69) is 78.2 Å². The van der Waals surface area contributed by atoms with Gasteiger partial charge in [-0.2, -0.15) is 5.26 Å². The van der Waals surface area contributed by atoms with Gasteiger partial charge < -0.3 is 0 Å². The van der Waals surface area contributed by atoms with Crippen molar-refractivity contribution < 1.29 is 0 Å². The third kappa shape index (κ3) is 3.22. The lowest BCUT2D eigenvalue weighted by Gasteiger charge is -2.36. The van der Waals surface area contributed by atoms with Crippen molar-refractivity contribution in [2.45, 2.75) is 11.8 Å². The molecule has 0 saturated carbocycles. The van der Waals surface area contributed by atoms with Gasteiger partial charge in [0.05, 0.1) is 0 Å². The van der Waals surface area contributed by atoms with Gasteiger partial charge in [0.2, 0.25) is 0 Å². The number of hydrogen-bond acceptors (Lipinski definition) is 2. The maximum absolute atomic E-state index is 8.99. The zero-order chi connectivity index (χ0) is 16.7. The molecule has 0 aliphatic carbocycles. The van der Waals surface area contributed by atoms with Crippen LogP contribution in [-0.2, 0) is 5.41 Å². The number of nitriles is 1. The Bertz CT molecular complexity index is 695. The molecule has 24 heavy (non-hydrogen) atoms. The smallest absolute Gasteiger partial charge is 0.133 e. The van der Waals surface area contributed by atoms with Crippen molar-refractivity contribution in [1.82, 2.24) is 0 Å². The molecule has 0 aliphatic rings. The zero-order valence-corrected chi connectivity index (χ0v) is 14.2. The van der Waals surface area contributed by atoms with E-state index in [1.165, 1.54) is 28.5 Å². The van der Waals surface area contributed by atoms with Crippen molar-refractivity contribution in [2.75, 3.05) is 5.75 Å². The first kappa shape index (κ1) is 16.4. The molecule has 118 valence electrons. The van der Waals surface area contributed by atoms with Crippen molar-refractivity contribution in [1.29, 1.82) is 5.26 Å². The van der Waals surface area contributed by atoms with Gasteiger partial charge in [0.25, 0.3) is 0 Å². The maximum Gasteiger partial charge on any atom is 0.133 e. The van der Waals surface area contributed by atoms with Crippen LogP contribution in [-0.4, -0.2) is 5.75 Å². The molecule has 0 saturated heterocycles. The van der Waals surface area contributed by atoms with Gasteiger partial charge in [-0.3, -0.25) is 0 Å². The number of nitrogens with zero attached hydrogens (tertiary/aromatic N) is 1. The molecule has 0 fully saturated rings. The summed E-state index contributed by atoms with van der Waals surface area (Å²) in [5.41, 5.74) is 3.55.